The van der Waals surface area contributed by atoms with Gasteiger partial charge in [-0.2, -0.15) is 0 Å². The summed E-state index contributed by atoms with van der Waals surface area (Å²) in [7, 11) is 0. The standard InChI is InChI=1S/C13H20.C3H8/c1-3-8-12(9-4-2)13-10-6-5-7-11-13;1-3-2/h5-7,10-12H,3-4,8-9H2,1-2H3;3H2,1-2H3. The molecule has 1 aromatic rings. The highest BCUT2D eigenvalue weighted by atomic mass is 14.1. The maximum atomic E-state index is 2.27. The monoisotopic (exact) mass is 220 g/mol. The molecular formula is C16H28. The molecule has 0 spiro atoms. The molecule has 0 radical (unpaired) electrons. The van der Waals surface area contributed by atoms with Gasteiger partial charge in [0.1, 0.15) is 0 Å². The van der Waals surface area contributed by atoms with Crippen LogP contribution in [0.4, 0.5) is 0 Å². The second kappa shape index (κ2) is 10.7. The van der Waals surface area contributed by atoms with E-state index in [4.69, 9.17) is 0 Å². The Morgan fingerprint density at radius 1 is 0.812 bits per heavy atom. The first kappa shape index (κ1) is 15.2. The summed E-state index contributed by atoms with van der Waals surface area (Å²) < 4.78 is 0. The van der Waals surface area contributed by atoms with Gasteiger partial charge in [-0.1, -0.05) is 77.3 Å². The number of benzene rings is 1. The molecule has 0 amide bonds. The van der Waals surface area contributed by atoms with Crippen LogP contribution < -0.4 is 0 Å². The Bertz CT molecular complexity index is 219. The highest BCUT2D eigenvalue weighted by molar-refractivity contribution is 5.19. The average Bonchev–Trinajstić information content (AvgIpc) is 2.31. The summed E-state index contributed by atoms with van der Waals surface area (Å²) >= 11 is 0. The SMILES string of the molecule is CCC.CCCC(CCC)c1ccccc1. The van der Waals surface area contributed by atoms with Crippen molar-refractivity contribution in [3.63, 3.8) is 0 Å². The quantitative estimate of drug-likeness (QED) is 0.589. The van der Waals surface area contributed by atoms with Crippen molar-refractivity contribution in [3.8, 4) is 0 Å². The van der Waals surface area contributed by atoms with E-state index in [0.29, 0.717) is 0 Å². The average molecular weight is 220 g/mol. The van der Waals surface area contributed by atoms with Crippen molar-refractivity contribution < 1.29 is 0 Å². The third-order valence-electron chi connectivity index (χ3n) is 2.55. The molecule has 0 saturated heterocycles. The van der Waals surface area contributed by atoms with Crippen molar-refractivity contribution in [2.75, 3.05) is 0 Å². The third kappa shape index (κ3) is 6.66. The molecule has 16 heavy (non-hydrogen) atoms. The van der Waals surface area contributed by atoms with Crippen LogP contribution in [0.2, 0.25) is 0 Å². The molecule has 0 fully saturated rings. The van der Waals surface area contributed by atoms with E-state index in [2.05, 4.69) is 58.0 Å². The van der Waals surface area contributed by atoms with E-state index in [1.54, 1.807) is 0 Å². The van der Waals surface area contributed by atoms with Crippen LogP contribution in [0.15, 0.2) is 30.3 Å². The van der Waals surface area contributed by atoms with Gasteiger partial charge in [-0.25, -0.2) is 0 Å². The van der Waals surface area contributed by atoms with E-state index in [0.717, 1.165) is 5.92 Å². The van der Waals surface area contributed by atoms with E-state index in [1.807, 2.05) is 0 Å². The zero-order valence-corrected chi connectivity index (χ0v) is 11.5. The fourth-order valence-electron chi connectivity index (χ4n) is 1.90. The zero-order chi connectivity index (χ0) is 12.2. The Morgan fingerprint density at radius 3 is 1.62 bits per heavy atom. The van der Waals surface area contributed by atoms with Crippen LogP contribution in [0.3, 0.4) is 0 Å². The van der Waals surface area contributed by atoms with Gasteiger partial charge in [-0.3, -0.25) is 0 Å². The highest BCUT2D eigenvalue weighted by Crippen LogP contribution is 2.25. The summed E-state index contributed by atoms with van der Waals surface area (Å²) in [6.07, 6.45) is 6.49. The Morgan fingerprint density at radius 2 is 1.25 bits per heavy atom. The van der Waals surface area contributed by atoms with Crippen LogP contribution in [0.5, 0.6) is 0 Å². The fourth-order valence-corrected chi connectivity index (χ4v) is 1.90. The first-order valence-corrected chi connectivity index (χ1v) is 6.84. The molecule has 0 unspecified atom stereocenters. The molecule has 0 nitrogen and oxygen atoms in total. The predicted octanol–water partition coefficient (Wildman–Crippen LogP) is 5.79. The normalized spacial score (nSPS) is 9.81. The molecule has 1 rings (SSSR count). The minimum absolute atomic E-state index is 0.788. The first-order valence-electron chi connectivity index (χ1n) is 6.84. The van der Waals surface area contributed by atoms with Gasteiger partial charge in [0.2, 0.25) is 0 Å². The summed E-state index contributed by atoms with van der Waals surface area (Å²) in [6.45, 7) is 8.79. The molecule has 0 heteroatoms. The lowest BCUT2D eigenvalue weighted by atomic mass is 9.91. The van der Waals surface area contributed by atoms with Gasteiger partial charge < -0.3 is 0 Å². The van der Waals surface area contributed by atoms with Gasteiger partial charge >= 0.3 is 0 Å². The summed E-state index contributed by atoms with van der Waals surface area (Å²) in [5, 5.41) is 0. The Labute approximate surface area is 102 Å². The van der Waals surface area contributed by atoms with Gasteiger partial charge in [0.25, 0.3) is 0 Å². The fraction of sp³-hybridized carbons (Fsp3) is 0.625. The lowest BCUT2D eigenvalue weighted by molar-refractivity contribution is 0.561. The Hall–Kier alpha value is -0.780. The number of hydrogen-bond acceptors (Lipinski definition) is 0. The molecule has 0 atom stereocenters. The minimum Gasteiger partial charge on any atom is -0.0656 e. The molecule has 0 N–H and O–H groups in total. The Balaban J connectivity index is 0.000000673. The first-order chi connectivity index (χ1) is 7.79. The maximum absolute atomic E-state index is 2.27. The van der Waals surface area contributed by atoms with Crippen LogP contribution in [0.1, 0.15) is 71.3 Å². The van der Waals surface area contributed by atoms with E-state index in [-0.39, 0.29) is 0 Å². The van der Waals surface area contributed by atoms with E-state index >= 15 is 0 Å². The van der Waals surface area contributed by atoms with Gasteiger partial charge in [0.15, 0.2) is 0 Å². The third-order valence-corrected chi connectivity index (χ3v) is 2.55. The summed E-state index contributed by atoms with van der Waals surface area (Å²) in [4.78, 5) is 0. The van der Waals surface area contributed by atoms with Gasteiger partial charge in [-0.15, -0.1) is 0 Å². The van der Waals surface area contributed by atoms with Crippen LogP contribution >= 0.6 is 0 Å². The molecular weight excluding hydrogens is 192 g/mol. The summed E-state index contributed by atoms with van der Waals surface area (Å²) in [5.41, 5.74) is 1.52. The van der Waals surface area contributed by atoms with Gasteiger partial charge in [-0.05, 0) is 24.3 Å². The molecule has 0 heterocycles. The van der Waals surface area contributed by atoms with Crippen LogP contribution in [0.25, 0.3) is 0 Å². The molecule has 0 aromatic heterocycles. The number of rotatable bonds is 5. The Kier molecular flexibility index (Phi) is 10.2. The minimum atomic E-state index is 0.788. The second-order valence-electron chi connectivity index (χ2n) is 4.39. The topological polar surface area (TPSA) is 0 Å². The molecule has 92 valence electrons. The largest absolute Gasteiger partial charge is 0.0656 e. The molecule has 1 aromatic carbocycles. The molecule has 0 bridgehead atoms. The van der Waals surface area contributed by atoms with Crippen molar-refractivity contribution in [1.82, 2.24) is 0 Å². The van der Waals surface area contributed by atoms with Crippen molar-refractivity contribution in [3.05, 3.63) is 35.9 Å². The molecule has 0 aliphatic heterocycles. The second-order valence-corrected chi connectivity index (χ2v) is 4.39. The maximum Gasteiger partial charge on any atom is -0.0162 e. The molecule has 0 aliphatic carbocycles. The van der Waals surface area contributed by atoms with E-state index in [9.17, 15) is 0 Å². The number of hydrogen-bond donors (Lipinski definition) is 0. The highest BCUT2D eigenvalue weighted by Gasteiger charge is 2.07. The van der Waals surface area contributed by atoms with Crippen molar-refractivity contribution in [2.24, 2.45) is 0 Å². The van der Waals surface area contributed by atoms with Crippen LogP contribution in [0, 0.1) is 0 Å². The zero-order valence-electron chi connectivity index (χ0n) is 11.5. The molecule has 0 aliphatic rings. The van der Waals surface area contributed by atoms with Crippen LogP contribution in [-0.2, 0) is 0 Å². The van der Waals surface area contributed by atoms with E-state index < -0.39 is 0 Å². The molecule has 0 saturated carbocycles. The summed E-state index contributed by atoms with van der Waals surface area (Å²) in [6, 6.07) is 10.9. The van der Waals surface area contributed by atoms with Crippen molar-refractivity contribution in [2.45, 2.75) is 65.7 Å². The van der Waals surface area contributed by atoms with Gasteiger partial charge in [0, 0.05) is 0 Å². The predicted molar refractivity (Wildman–Crippen MR) is 75.0 cm³/mol. The van der Waals surface area contributed by atoms with E-state index in [1.165, 1.54) is 37.7 Å². The van der Waals surface area contributed by atoms with Crippen LogP contribution in [-0.4, -0.2) is 0 Å². The van der Waals surface area contributed by atoms with Crippen molar-refractivity contribution in [1.29, 1.82) is 0 Å². The smallest absolute Gasteiger partial charge is 0.0162 e. The lowest BCUT2D eigenvalue weighted by Crippen LogP contribution is -1.97. The lowest BCUT2D eigenvalue weighted by Gasteiger charge is -2.15. The van der Waals surface area contributed by atoms with Crippen molar-refractivity contribution >= 4 is 0 Å². The summed E-state index contributed by atoms with van der Waals surface area (Å²) in [5.74, 6) is 0.788. The van der Waals surface area contributed by atoms with Gasteiger partial charge in [0.05, 0.1) is 0 Å².